The number of benzene rings is 2. The molecule has 1 saturated heterocycles. The van der Waals surface area contributed by atoms with Gasteiger partial charge < -0.3 is 19.9 Å². The smallest absolute Gasteiger partial charge is 0.224 e. The lowest BCUT2D eigenvalue weighted by Crippen LogP contribution is -2.46. The normalized spacial score (nSPS) is 14.7. The van der Waals surface area contributed by atoms with Crippen LogP contribution in [0.4, 0.5) is 11.4 Å². The largest absolute Gasteiger partial charge is 0.492 e. The number of likely N-dealkylation sites (N-methyl/N-ethyl adjacent to an activating group) is 1. The Kier molecular flexibility index (Phi) is 7.95. The highest BCUT2D eigenvalue weighted by molar-refractivity contribution is 9.10. The number of nitrogens with zero attached hydrogens (tertiary/aromatic N) is 2. The quantitative estimate of drug-likeness (QED) is 0.581. The van der Waals surface area contributed by atoms with E-state index in [0.29, 0.717) is 19.4 Å². The number of para-hydroxylation sites is 1. The molecule has 0 atom stereocenters. The molecule has 0 saturated carbocycles. The second-order valence-electron chi connectivity index (χ2n) is 7.35. The SMILES string of the molecule is CCN1CCN(c2ccc(NC(=O)CCCOc3ccccc3Br)c(C)c2)CC1. The summed E-state index contributed by atoms with van der Waals surface area (Å²) >= 11 is 3.46. The van der Waals surface area contributed by atoms with Gasteiger partial charge in [-0.3, -0.25) is 4.79 Å². The molecule has 1 aliphatic rings. The molecule has 0 bridgehead atoms. The van der Waals surface area contributed by atoms with E-state index in [1.165, 1.54) is 5.69 Å². The summed E-state index contributed by atoms with van der Waals surface area (Å²) < 4.78 is 6.65. The molecule has 0 spiro atoms. The van der Waals surface area contributed by atoms with Crippen molar-refractivity contribution in [3.63, 3.8) is 0 Å². The Hall–Kier alpha value is -2.05. The maximum Gasteiger partial charge on any atom is 0.224 e. The van der Waals surface area contributed by atoms with Crippen LogP contribution in [0.5, 0.6) is 5.75 Å². The van der Waals surface area contributed by atoms with Gasteiger partial charge >= 0.3 is 0 Å². The van der Waals surface area contributed by atoms with Crippen molar-refractivity contribution >= 4 is 33.2 Å². The lowest BCUT2D eigenvalue weighted by Gasteiger charge is -2.35. The van der Waals surface area contributed by atoms with Gasteiger partial charge in [-0.1, -0.05) is 19.1 Å². The molecule has 0 unspecified atom stereocenters. The Morgan fingerprint density at radius 3 is 2.59 bits per heavy atom. The third-order valence-electron chi connectivity index (χ3n) is 5.31. The molecule has 2 aromatic rings. The van der Waals surface area contributed by atoms with Gasteiger partial charge in [-0.2, -0.15) is 0 Å². The Morgan fingerprint density at radius 2 is 1.90 bits per heavy atom. The van der Waals surface area contributed by atoms with Crippen molar-refractivity contribution in [2.45, 2.75) is 26.7 Å². The molecule has 3 rings (SSSR count). The van der Waals surface area contributed by atoms with Crippen molar-refractivity contribution in [2.75, 3.05) is 49.5 Å². The highest BCUT2D eigenvalue weighted by Crippen LogP contribution is 2.25. The first-order chi connectivity index (χ1) is 14.1. The number of hydrogen-bond donors (Lipinski definition) is 1. The van der Waals surface area contributed by atoms with E-state index in [0.717, 1.165) is 54.2 Å². The second-order valence-corrected chi connectivity index (χ2v) is 8.21. The minimum atomic E-state index is 0.0214. The van der Waals surface area contributed by atoms with Gasteiger partial charge in [0.1, 0.15) is 5.75 Å². The number of hydrogen-bond acceptors (Lipinski definition) is 4. The molecule has 0 radical (unpaired) electrons. The number of halogens is 1. The Bertz CT molecular complexity index is 820. The highest BCUT2D eigenvalue weighted by Gasteiger charge is 2.16. The van der Waals surface area contributed by atoms with Crippen LogP contribution in [0.25, 0.3) is 0 Å². The van der Waals surface area contributed by atoms with Gasteiger partial charge in [-0.25, -0.2) is 0 Å². The first-order valence-corrected chi connectivity index (χ1v) is 11.1. The number of amides is 1. The van der Waals surface area contributed by atoms with Crippen molar-refractivity contribution < 1.29 is 9.53 Å². The minimum Gasteiger partial charge on any atom is -0.492 e. The van der Waals surface area contributed by atoms with E-state index in [1.807, 2.05) is 30.3 Å². The molecule has 5 nitrogen and oxygen atoms in total. The van der Waals surface area contributed by atoms with Gasteiger partial charge in [-0.15, -0.1) is 0 Å². The standard InChI is InChI=1S/C23H30BrN3O2/c1-3-26-12-14-27(15-13-26)19-10-11-21(18(2)17-19)25-23(28)9-6-16-29-22-8-5-4-7-20(22)24/h4-5,7-8,10-11,17H,3,6,9,12-16H2,1-2H3,(H,25,28). The number of nitrogens with one attached hydrogen (secondary N) is 1. The number of carbonyl (C=O) groups excluding carboxylic acids is 1. The zero-order chi connectivity index (χ0) is 20.6. The third-order valence-corrected chi connectivity index (χ3v) is 5.97. The van der Waals surface area contributed by atoms with Crippen LogP contribution in [0.2, 0.25) is 0 Å². The fourth-order valence-electron chi connectivity index (χ4n) is 3.50. The van der Waals surface area contributed by atoms with E-state index >= 15 is 0 Å². The maximum absolute atomic E-state index is 12.3. The number of carbonyl (C=O) groups is 1. The number of ether oxygens (including phenoxy) is 1. The predicted molar refractivity (Wildman–Crippen MR) is 123 cm³/mol. The van der Waals surface area contributed by atoms with Crippen LogP contribution in [0.3, 0.4) is 0 Å². The monoisotopic (exact) mass is 459 g/mol. The Morgan fingerprint density at radius 1 is 1.14 bits per heavy atom. The van der Waals surface area contributed by atoms with Crippen LogP contribution >= 0.6 is 15.9 Å². The van der Waals surface area contributed by atoms with Crippen LogP contribution in [0.15, 0.2) is 46.9 Å². The van der Waals surface area contributed by atoms with E-state index in [9.17, 15) is 4.79 Å². The van der Waals surface area contributed by atoms with Gasteiger partial charge in [0.2, 0.25) is 5.91 Å². The summed E-state index contributed by atoms with van der Waals surface area (Å²) in [4.78, 5) is 17.2. The molecule has 1 aliphatic heterocycles. The van der Waals surface area contributed by atoms with Crippen LogP contribution < -0.4 is 15.0 Å². The molecule has 156 valence electrons. The molecule has 1 amide bonds. The molecule has 0 aliphatic carbocycles. The number of piperazine rings is 1. The Balaban J connectivity index is 1.45. The zero-order valence-electron chi connectivity index (χ0n) is 17.3. The Labute approximate surface area is 182 Å². The van der Waals surface area contributed by atoms with E-state index in [-0.39, 0.29) is 5.91 Å². The van der Waals surface area contributed by atoms with Gasteiger partial charge in [-0.05, 0) is 71.7 Å². The van der Waals surface area contributed by atoms with Crippen LogP contribution in [0, 0.1) is 6.92 Å². The third kappa shape index (κ3) is 6.21. The fourth-order valence-corrected chi connectivity index (χ4v) is 3.90. The van der Waals surface area contributed by atoms with E-state index < -0.39 is 0 Å². The maximum atomic E-state index is 12.3. The average molecular weight is 460 g/mol. The van der Waals surface area contributed by atoms with E-state index in [2.05, 4.69) is 57.0 Å². The summed E-state index contributed by atoms with van der Waals surface area (Å²) in [5.41, 5.74) is 3.22. The van der Waals surface area contributed by atoms with Gasteiger partial charge in [0.05, 0.1) is 11.1 Å². The van der Waals surface area contributed by atoms with Crippen molar-refractivity contribution in [1.29, 1.82) is 0 Å². The van der Waals surface area contributed by atoms with Crippen molar-refractivity contribution in [3.8, 4) is 5.75 Å². The average Bonchev–Trinajstić information content (AvgIpc) is 2.74. The van der Waals surface area contributed by atoms with Crippen molar-refractivity contribution in [1.82, 2.24) is 4.90 Å². The van der Waals surface area contributed by atoms with Gasteiger partial charge in [0.15, 0.2) is 0 Å². The van der Waals surface area contributed by atoms with Crippen molar-refractivity contribution in [3.05, 3.63) is 52.5 Å². The number of anilines is 2. The first kappa shape index (κ1) is 21.7. The van der Waals surface area contributed by atoms with Crippen LogP contribution in [-0.2, 0) is 4.79 Å². The van der Waals surface area contributed by atoms with E-state index in [4.69, 9.17) is 4.74 Å². The first-order valence-electron chi connectivity index (χ1n) is 10.3. The summed E-state index contributed by atoms with van der Waals surface area (Å²) in [6.45, 7) is 10.2. The summed E-state index contributed by atoms with van der Waals surface area (Å²) in [6.07, 6.45) is 1.11. The molecule has 1 heterocycles. The summed E-state index contributed by atoms with van der Waals surface area (Å²) in [5, 5.41) is 3.04. The van der Waals surface area contributed by atoms with E-state index in [1.54, 1.807) is 0 Å². The topological polar surface area (TPSA) is 44.8 Å². The zero-order valence-corrected chi connectivity index (χ0v) is 18.9. The summed E-state index contributed by atoms with van der Waals surface area (Å²) in [7, 11) is 0. The minimum absolute atomic E-state index is 0.0214. The van der Waals surface area contributed by atoms with Crippen LogP contribution in [0.1, 0.15) is 25.3 Å². The van der Waals surface area contributed by atoms with Crippen LogP contribution in [-0.4, -0.2) is 50.1 Å². The molecule has 6 heteroatoms. The molecular weight excluding hydrogens is 430 g/mol. The molecule has 0 aromatic heterocycles. The number of aryl methyl sites for hydroxylation is 1. The fraction of sp³-hybridized carbons (Fsp3) is 0.435. The molecular formula is C23H30BrN3O2. The lowest BCUT2D eigenvalue weighted by molar-refractivity contribution is -0.116. The predicted octanol–water partition coefficient (Wildman–Crippen LogP) is 4.70. The number of rotatable bonds is 8. The lowest BCUT2D eigenvalue weighted by atomic mass is 10.1. The van der Waals surface area contributed by atoms with Gasteiger partial charge in [0.25, 0.3) is 0 Å². The molecule has 2 aromatic carbocycles. The summed E-state index contributed by atoms with van der Waals surface area (Å²) in [6, 6.07) is 14.0. The second kappa shape index (κ2) is 10.6. The van der Waals surface area contributed by atoms with Crippen molar-refractivity contribution in [2.24, 2.45) is 0 Å². The molecule has 29 heavy (non-hydrogen) atoms. The molecule has 1 fully saturated rings. The molecule has 1 N–H and O–H groups in total. The summed E-state index contributed by atoms with van der Waals surface area (Å²) in [5.74, 6) is 0.826. The van der Waals surface area contributed by atoms with Gasteiger partial charge in [0, 0.05) is 44.0 Å². The highest BCUT2D eigenvalue weighted by atomic mass is 79.9.